The van der Waals surface area contributed by atoms with Crippen LogP contribution in [0.2, 0.25) is 0 Å². The summed E-state index contributed by atoms with van der Waals surface area (Å²) in [4.78, 5) is 16.7. The highest BCUT2D eigenvalue weighted by atomic mass is 16.5. The van der Waals surface area contributed by atoms with Gasteiger partial charge in [-0.3, -0.25) is 4.79 Å². The van der Waals surface area contributed by atoms with Crippen molar-refractivity contribution in [2.45, 2.75) is 25.0 Å². The standard InChI is InChI=1S/C29H33N3O2/c1-31-15-17-32(18-16-31)29(33)20-30-28-19-27(28)25-11-13-26(14-12-25)34-21-22-7-9-24(10-8-22)23-5-3-2-4-6-23/h2-14,27-28,30H,15-21H2,1H3/t27-,28+/m0/s1. The summed E-state index contributed by atoms with van der Waals surface area (Å²) >= 11 is 0. The van der Waals surface area contributed by atoms with E-state index in [1.54, 1.807) is 0 Å². The van der Waals surface area contributed by atoms with Gasteiger partial charge in [0.15, 0.2) is 0 Å². The molecule has 34 heavy (non-hydrogen) atoms. The third kappa shape index (κ3) is 5.66. The van der Waals surface area contributed by atoms with Crippen LogP contribution in [-0.2, 0) is 11.4 Å². The molecule has 1 saturated carbocycles. The van der Waals surface area contributed by atoms with Crippen LogP contribution in [0, 0.1) is 0 Å². The van der Waals surface area contributed by atoms with Crippen LogP contribution in [0.5, 0.6) is 5.75 Å². The molecular weight excluding hydrogens is 422 g/mol. The zero-order valence-corrected chi connectivity index (χ0v) is 19.8. The van der Waals surface area contributed by atoms with Gasteiger partial charge in [-0.2, -0.15) is 0 Å². The fourth-order valence-electron chi connectivity index (χ4n) is 4.58. The van der Waals surface area contributed by atoms with Crippen molar-refractivity contribution in [1.29, 1.82) is 0 Å². The van der Waals surface area contributed by atoms with Crippen LogP contribution in [0.4, 0.5) is 0 Å². The second-order valence-electron chi connectivity index (χ2n) is 9.43. The number of nitrogens with zero attached hydrogens (tertiary/aromatic N) is 2. The maximum atomic E-state index is 12.4. The summed E-state index contributed by atoms with van der Waals surface area (Å²) in [6.45, 7) is 4.59. The van der Waals surface area contributed by atoms with Gasteiger partial charge in [-0.15, -0.1) is 0 Å². The van der Waals surface area contributed by atoms with Crippen molar-refractivity contribution >= 4 is 5.91 Å². The Hall–Kier alpha value is -3.15. The van der Waals surface area contributed by atoms with Crippen LogP contribution >= 0.6 is 0 Å². The number of amides is 1. The van der Waals surface area contributed by atoms with E-state index in [4.69, 9.17) is 4.74 Å². The molecule has 0 radical (unpaired) electrons. The molecule has 5 nitrogen and oxygen atoms in total. The minimum absolute atomic E-state index is 0.222. The fourth-order valence-corrected chi connectivity index (χ4v) is 4.58. The molecule has 0 unspecified atom stereocenters. The van der Waals surface area contributed by atoms with Gasteiger partial charge in [-0.05, 0) is 47.9 Å². The molecule has 0 aromatic heterocycles. The Morgan fingerprint density at radius 2 is 1.56 bits per heavy atom. The van der Waals surface area contributed by atoms with Crippen molar-refractivity contribution < 1.29 is 9.53 Å². The van der Waals surface area contributed by atoms with Gasteiger partial charge in [0.25, 0.3) is 0 Å². The molecule has 3 aromatic rings. The molecule has 2 fully saturated rings. The Morgan fingerprint density at radius 1 is 0.882 bits per heavy atom. The number of carbonyl (C=O) groups is 1. The minimum Gasteiger partial charge on any atom is -0.489 e. The van der Waals surface area contributed by atoms with E-state index in [0.717, 1.165) is 43.9 Å². The van der Waals surface area contributed by atoms with E-state index in [9.17, 15) is 4.79 Å². The van der Waals surface area contributed by atoms with Crippen LogP contribution in [-0.4, -0.2) is 61.5 Å². The molecule has 5 rings (SSSR count). The lowest BCUT2D eigenvalue weighted by molar-refractivity contribution is -0.131. The van der Waals surface area contributed by atoms with E-state index in [2.05, 4.69) is 90.1 Å². The Bertz CT molecular complexity index is 1070. The van der Waals surface area contributed by atoms with Crippen molar-refractivity contribution in [3.63, 3.8) is 0 Å². The van der Waals surface area contributed by atoms with Gasteiger partial charge in [-0.1, -0.05) is 66.7 Å². The average Bonchev–Trinajstić information content (AvgIpc) is 3.67. The predicted octanol–water partition coefficient (Wildman–Crippen LogP) is 4.15. The van der Waals surface area contributed by atoms with Gasteiger partial charge in [0.2, 0.25) is 5.91 Å². The molecule has 2 aliphatic rings. The molecule has 5 heteroatoms. The number of hydrogen-bond donors (Lipinski definition) is 1. The molecule has 1 aliphatic carbocycles. The topological polar surface area (TPSA) is 44.8 Å². The number of carbonyl (C=O) groups excluding carboxylic acids is 1. The van der Waals surface area contributed by atoms with Crippen molar-refractivity contribution in [1.82, 2.24) is 15.1 Å². The van der Waals surface area contributed by atoms with E-state index in [1.807, 2.05) is 11.0 Å². The Morgan fingerprint density at radius 3 is 2.26 bits per heavy atom. The number of likely N-dealkylation sites (N-methyl/N-ethyl adjacent to an activating group) is 1. The van der Waals surface area contributed by atoms with E-state index >= 15 is 0 Å². The third-order valence-electron chi connectivity index (χ3n) is 6.94. The van der Waals surface area contributed by atoms with Gasteiger partial charge in [0.05, 0.1) is 6.54 Å². The Labute approximate surface area is 202 Å². The van der Waals surface area contributed by atoms with E-state index in [0.29, 0.717) is 25.1 Å². The number of ether oxygens (including phenoxy) is 1. The number of rotatable bonds is 8. The number of hydrogen-bond acceptors (Lipinski definition) is 4. The van der Waals surface area contributed by atoms with Crippen LogP contribution in [0.25, 0.3) is 11.1 Å². The van der Waals surface area contributed by atoms with Crippen molar-refractivity contribution in [2.24, 2.45) is 0 Å². The molecule has 1 heterocycles. The zero-order chi connectivity index (χ0) is 23.3. The summed E-state index contributed by atoms with van der Waals surface area (Å²) in [6.07, 6.45) is 1.09. The number of piperazine rings is 1. The first-order valence-corrected chi connectivity index (χ1v) is 12.2. The lowest BCUT2D eigenvalue weighted by Gasteiger charge is -2.32. The van der Waals surface area contributed by atoms with E-state index in [-0.39, 0.29) is 5.91 Å². The Kier molecular flexibility index (Phi) is 6.93. The second-order valence-corrected chi connectivity index (χ2v) is 9.43. The molecule has 0 bridgehead atoms. The molecule has 1 saturated heterocycles. The first kappa shape index (κ1) is 22.6. The summed E-state index contributed by atoms with van der Waals surface area (Å²) < 4.78 is 6.00. The van der Waals surface area contributed by atoms with Crippen LogP contribution in [0.15, 0.2) is 78.9 Å². The van der Waals surface area contributed by atoms with Crippen LogP contribution < -0.4 is 10.1 Å². The van der Waals surface area contributed by atoms with Gasteiger partial charge in [-0.25, -0.2) is 0 Å². The van der Waals surface area contributed by atoms with Gasteiger partial charge in [0.1, 0.15) is 12.4 Å². The first-order valence-electron chi connectivity index (χ1n) is 12.2. The molecular formula is C29H33N3O2. The lowest BCUT2D eigenvalue weighted by Crippen LogP contribution is -2.49. The summed E-state index contributed by atoms with van der Waals surface area (Å²) in [5.74, 6) is 1.59. The van der Waals surface area contributed by atoms with Crippen molar-refractivity contribution in [3.05, 3.63) is 90.0 Å². The molecule has 2 atom stereocenters. The average molecular weight is 456 g/mol. The van der Waals surface area contributed by atoms with Crippen LogP contribution in [0.3, 0.4) is 0 Å². The fraction of sp³-hybridized carbons (Fsp3) is 0.345. The van der Waals surface area contributed by atoms with Crippen molar-refractivity contribution in [2.75, 3.05) is 39.8 Å². The highest BCUT2D eigenvalue weighted by Crippen LogP contribution is 2.41. The molecule has 0 spiro atoms. The molecule has 1 amide bonds. The van der Waals surface area contributed by atoms with Gasteiger partial charge < -0.3 is 19.9 Å². The third-order valence-corrected chi connectivity index (χ3v) is 6.94. The largest absolute Gasteiger partial charge is 0.489 e. The summed E-state index contributed by atoms with van der Waals surface area (Å²) in [5, 5.41) is 3.45. The molecule has 176 valence electrons. The monoisotopic (exact) mass is 455 g/mol. The summed E-state index contributed by atoms with van der Waals surface area (Å²) in [7, 11) is 2.11. The Balaban J connectivity index is 1.06. The highest BCUT2D eigenvalue weighted by molar-refractivity contribution is 5.78. The normalized spacial score (nSPS) is 20.2. The number of nitrogens with one attached hydrogen (secondary N) is 1. The molecule has 1 N–H and O–H groups in total. The highest BCUT2D eigenvalue weighted by Gasteiger charge is 2.38. The van der Waals surface area contributed by atoms with Crippen LogP contribution in [0.1, 0.15) is 23.5 Å². The van der Waals surface area contributed by atoms with Gasteiger partial charge >= 0.3 is 0 Å². The van der Waals surface area contributed by atoms with Gasteiger partial charge in [0, 0.05) is 38.1 Å². The molecule has 1 aliphatic heterocycles. The summed E-state index contributed by atoms with van der Waals surface area (Å²) in [5.41, 5.74) is 4.90. The predicted molar refractivity (Wildman–Crippen MR) is 136 cm³/mol. The second kappa shape index (κ2) is 10.4. The molecule has 3 aromatic carbocycles. The SMILES string of the molecule is CN1CCN(C(=O)CN[C@@H]2C[C@H]2c2ccc(OCc3ccc(-c4ccccc4)cc3)cc2)CC1. The zero-order valence-electron chi connectivity index (χ0n) is 19.8. The van der Waals surface area contributed by atoms with E-state index < -0.39 is 0 Å². The minimum atomic E-state index is 0.222. The first-order chi connectivity index (χ1) is 16.7. The number of benzene rings is 3. The van der Waals surface area contributed by atoms with E-state index in [1.165, 1.54) is 16.7 Å². The van der Waals surface area contributed by atoms with Crippen molar-refractivity contribution in [3.8, 4) is 16.9 Å². The summed E-state index contributed by atoms with van der Waals surface area (Å²) in [6, 6.07) is 27.8. The maximum absolute atomic E-state index is 12.4. The smallest absolute Gasteiger partial charge is 0.236 e. The lowest BCUT2D eigenvalue weighted by atomic mass is 10.0. The maximum Gasteiger partial charge on any atom is 0.236 e. The quantitative estimate of drug-likeness (QED) is 0.554.